The van der Waals surface area contributed by atoms with E-state index in [-0.39, 0.29) is 0 Å². The summed E-state index contributed by atoms with van der Waals surface area (Å²) in [7, 11) is 0. The molecule has 6 nitrogen and oxygen atoms in total. The number of rotatable bonds is 5. The first-order valence-electron chi connectivity index (χ1n) is 10.3. The van der Waals surface area contributed by atoms with Gasteiger partial charge in [0.1, 0.15) is 23.1 Å². The smallest absolute Gasteiger partial charge is 0.229 e. The number of aromatic hydroxyl groups is 1. The van der Waals surface area contributed by atoms with Gasteiger partial charge in [0.25, 0.3) is 0 Å². The summed E-state index contributed by atoms with van der Waals surface area (Å²) in [4.78, 5) is 11.3. The molecule has 0 amide bonds. The average molecular weight is 410 g/mol. The molecule has 2 N–H and O–H groups in total. The Kier molecular flexibility index (Phi) is 5.10. The number of phenolic OH excluding ortho intramolecular Hbond substituents is 1. The summed E-state index contributed by atoms with van der Waals surface area (Å²) >= 11 is 0. The molecule has 0 spiro atoms. The summed E-state index contributed by atoms with van der Waals surface area (Å²) in [6.45, 7) is 0.875. The van der Waals surface area contributed by atoms with Gasteiger partial charge in [-0.05, 0) is 79.1 Å². The van der Waals surface area contributed by atoms with Gasteiger partial charge in [0.2, 0.25) is 5.95 Å². The number of aryl methyl sites for hydroxylation is 1. The van der Waals surface area contributed by atoms with E-state index in [1.165, 1.54) is 0 Å². The number of nitrogens with one attached hydrogen (secondary N) is 1. The molecule has 1 aliphatic heterocycles. The maximum absolute atomic E-state index is 9.79. The van der Waals surface area contributed by atoms with Crippen LogP contribution >= 0.6 is 0 Å². The van der Waals surface area contributed by atoms with Crippen molar-refractivity contribution in [1.82, 2.24) is 9.97 Å². The van der Waals surface area contributed by atoms with Crippen LogP contribution in [0.25, 0.3) is 0 Å². The van der Waals surface area contributed by atoms with Crippen molar-refractivity contribution in [2.75, 3.05) is 16.8 Å². The van der Waals surface area contributed by atoms with Crippen LogP contribution in [0.5, 0.6) is 17.2 Å². The minimum absolute atomic E-state index is 0.297. The topological polar surface area (TPSA) is 70.5 Å². The molecule has 5 rings (SSSR count). The minimum atomic E-state index is 0.297. The fourth-order valence-electron chi connectivity index (χ4n) is 3.74. The Hall–Kier alpha value is -4.06. The summed E-state index contributed by atoms with van der Waals surface area (Å²) < 4.78 is 5.84. The zero-order chi connectivity index (χ0) is 21.0. The van der Waals surface area contributed by atoms with E-state index in [9.17, 15) is 5.11 Å². The molecule has 0 aliphatic carbocycles. The molecule has 0 atom stereocenters. The molecule has 0 saturated heterocycles. The van der Waals surface area contributed by atoms with Crippen LogP contribution in [0, 0.1) is 0 Å². The number of aromatic nitrogens is 2. The Bertz CT molecular complexity index is 1180. The summed E-state index contributed by atoms with van der Waals surface area (Å²) in [5, 5.41) is 13.1. The molecule has 31 heavy (non-hydrogen) atoms. The van der Waals surface area contributed by atoms with Crippen molar-refractivity contribution in [3.63, 3.8) is 0 Å². The molecule has 2 heterocycles. The van der Waals surface area contributed by atoms with Gasteiger partial charge in [-0.3, -0.25) is 0 Å². The third-order valence-electron chi connectivity index (χ3n) is 5.19. The Morgan fingerprint density at radius 3 is 2.55 bits per heavy atom. The third-order valence-corrected chi connectivity index (χ3v) is 5.19. The number of fused-ring (bicyclic) bond motifs is 1. The number of phenols is 1. The third kappa shape index (κ3) is 4.28. The first-order chi connectivity index (χ1) is 15.2. The van der Waals surface area contributed by atoms with Crippen LogP contribution in [0.2, 0.25) is 0 Å². The zero-order valence-electron chi connectivity index (χ0n) is 16.9. The van der Waals surface area contributed by atoms with Crippen molar-refractivity contribution in [3.05, 3.63) is 90.6 Å². The predicted octanol–water partition coefficient (Wildman–Crippen LogP) is 5.80. The standard InChI is InChI=1S/C25H22N4O2/c30-20-10-13-23-18(17-20)5-4-16-29(23)24-14-15-26-25(28-24)27-19-8-11-22(12-9-19)31-21-6-2-1-3-7-21/h1-3,6-15,17,30H,4-5,16H2,(H,26,27,28). The normalized spacial score (nSPS) is 12.8. The Morgan fingerprint density at radius 2 is 1.71 bits per heavy atom. The van der Waals surface area contributed by atoms with E-state index in [1.807, 2.05) is 72.8 Å². The number of ether oxygens (including phenoxy) is 1. The van der Waals surface area contributed by atoms with Crippen LogP contribution in [0.15, 0.2) is 85.1 Å². The number of nitrogens with zero attached hydrogens (tertiary/aromatic N) is 3. The number of anilines is 4. The SMILES string of the molecule is Oc1ccc2c(c1)CCCN2c1ccnc(Nc2ccc(Oc3ccccc3)cc2)n1. The zero-order valence-corrected chi connectivity index (χ0v) is 16.9. The van der Waals surface area contributed by atoms with Gasteiger partial charge in [0.05, 0.1) is 0 Å². The number of hydrogen-bond donors (Lipinski definition) is 2. The Labute approximate surface area is 180 Å². The summed E-state index contributed by atoms with van der Waals surface area (Å²) in [5.74, 6) is 3.22. The van der Waals surface area contributed by atoms with Gasteiger partial charge in [0.15, 0.2) is 0 Å². The van der Waals surface area contributed by atoms with Crippen molar-refractivity contribution in [2.24, 2.45) is 0 Å². The van der Waals surface area contributed by atoms with Gasteiger partial charge >= 0.3 is 0 Å². The van der Waals surface area contributed by atoms with Crippen LogP contribution in [0.1, 0.15) is 12.0 Å². The first-order valence-corrected chi connectivity index (χ1v) is 10.3. The maximum Gasteiger partial charge on any atom is 0.229 e. The van der Waals surface area contributed by atoms with E-state index < -0.39 is 0 Å². The lowest BCUT2D eigenvalue weighted by Gasteiger charge is -2.30. The number of benzene rings is 3. The number of para-hydroxylation sites is 1. The summed E-state index contributed by atoms with van der Waals surface area (Å²) in [6, 6.07) is 24.8. The minimum Gasteiger partial charge on any atom is -0.508 e. The fourth-order valence-corrected chi connectivity index (χ4v) is 3.74. The highest BCUT2D eigenvalue weighted by molar-refractivity contribution is 5.67. The highest BCUT2D eigenvalue weighted by Gasteiger charge is 2.20. The molecular formula is C25H22N4O2. The molecule has 0 fully saturated rings. The highest BCUT2D eigenvalue weighted by Crippen LogP contribution is 2.34. The lowest BCUT2D eigenvalue weighted by molar-refractivity contribution is 0.474. The van der Waals surface area contributed by atoms with E-state index in [0.717, 1.165) is 53.6 Å². The quantitative estimate of drug-likeness (QED) is 0.433. The molecular weight excluding hydrogens is 388 g/mol. The second-order valence-electron chi connectivity index (χ2n) is 7.37. The van der Waals surface area contributed by atoms with E-state index in [4.69, 9.17) is 9.72 Å². The second-order valence-corrected chi connectivity index (χ2v) is 7.37. The van der Waals surface area contributed by atoms with Gasteiger partial charge in [-0.1, -0.05) is 18.2 Å². The fraction of sp³-hybridized carbons (Fsp3) is 0.120. The van der Waals surface area contributed by atoms with Gasteiger partial charge in [-0.25, -0.2) is 4.98 Å². The molecule has 3 aromatic carbocycles. The van der Waals surface area contributed by atoms with Crippen LogP contribution < -0.4 is 15.0 Å². The highest BCUT2D eigenvalue weighted by atomic mass is 16.5. The van der Waals surface area contributed by atoms with Gasteiger partial charge in [-0.15, -0.1) is 0 Å². The molecule has 1 aromatic heterocycles. The molecule has 4 aromatic rings. The first kappa shape index (κ1) is 18.9. The number of hydrogen-bond acceptors (Lipinski definition) is 6. The molecule has 154 valence electrons. The van der Waals surface area contributed by atoms with Crippen molar-refractivity contribution in [2.45, 2.75) is 12.8 Å². The molecule has 0 saturated carbocycles. The van der Waals surface area contributed by atoms with Crippen molar-refractivity contribution in [1.29, 1.82) is 0 Å². The van der Waals surface area contributed by atoms with Crippen molar-refractivity contribution < 1.29 is 9.84 Å². The Balaban J connectivity index is 1.32. The van der Waals surface area contributed by atoms with Crippen LogP contribution in [-0.2, 0) is 6.42 Å². The van der Waals surface area contributed by atoms with E-state index in [1.54, 1.807) is 12.3 Å². The summed E-state index contributed by atoms with van der Waals surface area (Å²) in [6.07, 6.45) is 3.71. The predicted molar refractivity (Wildman–Crippen MR) is 122 cm³/mol. The largest absolute Gasteiger partial charge is 0.508 e. The van der Waals surface area contributed by atoms with E-state index >= 15 is 0 Å². The van der Waals surface area contributed by atoms with Crippen molar-refractivity contribution in [3.8, 4) is 17.2 Å². The Morgan fingerprint density at radius 1 is 0.903 bits per heavy atom. The molecule has 0 bridgehead atoms. The van der Waals surface area contributed by atoms with E-state index in [0.29, 0.717) is 11.7 Å². The van der Waals surface area contributed by atoms with Crippen LogP contribution in [0.4, 0.5) is 23.1 Å². The summed E-state index contributed by atoms with van der Waals surface area (Å²) in [5.41, 5.74) is 3.09. The monoisotopic (exact) mass is 410 g/mol. The second kappa shape index (κ2) is 8.36. The molecule has 6 heteroatoms. The van der Waals surface area contributed by atoms with Gasteiger partial charge in [0, 0.05) is 24.1 Å². The lowest BCUT2D eigenvalue weighted by Crippen LogP contribution is -2.25. The van der Waals surface area contributed by atoms with Crippen LogP contribution in [0.3, 0.4) is 0 Å². The van der Waals surface area contributed by atoms with Crippen LogP contribution in [-0.4, -0.2) is 21.6 Å². The average Bonchev–Trinajstić information content (AvgIpc) is 2.81. The molecule has 0 radical (unpaired) electrons. The molecule has 0 unspecified atom stereocenters. The van der Waals surface area contributed by atoms with Gasteiger partial charge < -0.3 is 20.1 Å². The maximum atomic E-state index is 9.79. The van der Waals surface area contributed by atoms with Gasteiger partial charge in [-0.2, -0.15) is 4.98 Å². The molecule has 1 aliphatic rings. The van der Waals surface area contributed by atoms with Crippen molar-refractivity contribution >= 4 is 23.1 Å². The lowest BCUT2D eigenvalue weighted by atomic mass is 10.0. The van der Waals surface area contributed by atoms with E-state index in [2.05, 4.69) is 15.2 Å².